The van der Waals surface area contributed by atoms with Crippen LogP contribution in [0.3, 0.4) is 0 Å². The summed E-state index contributed by atoms with van der Waals surface area (Å²) in [5.41, 5.74) is 11.1. The van der Waals surface area contributed by atoms with Gasteiger partial charge in [0.25, 0.3) is 0 Å². The first-order valence-corrected chi connectivity index (χ1v) is 7.15. The lowest BCUT2D eigenvalue weighted by atomic mass is 9.89. The summed E-state index contributed by atoms with van der Waals surface area (Å²) in [6.45, 7) is 6.65. The second kappa shape index (κ2) is 6.40. The van der Waals surface area contributed by atoms with Crippen LogP contribution in [0.4, 0.5) is 0 Å². The molecule has 19 heavy (non-hydrogen) atoms. The summed E-state index contributed by atoms with van der Waals surface area (Å²) in [6, 6.07) is 2.23. The van der Waals surface area contributed by atoms with Gasteiger partial charge in [0, 0.05) is 19.1 Å². The zero-order valence-corrected chi connectivity index (χ0v) is 12.3. The molecule has 2 N–H and O–H groups in total. The number of rotatable bonds is 6. The maximum absolute atomic E-state index is 5.84. The molecule has 0 spiro atoms. The van der Waals surface area contributed by atoms with E-state index >= 15 is 0 Å². The van der Waals surface area contributed by atoms with Gasteiger partial charge < -0.3 is 15.2 Å². The van der Waals surface area contributed by atoms with Crippen LogP contribution in [0.25, 0.3) is 0 Å². The van der Waals surface area contributed by atoms with E-state index in [4.69, 9.17) is 15.2 Å². The zero-order valence-electron chi connectivity index (χ0n) is 12.3. The first-order valence-electron chi connectivity index (χ1n) is 7.15. The molecule has 0 saturated heterocycles. The van der Waals surface area contributed by atoms with Crippen LogP contribution in [-0.2, 0) is 30.6 Å². The van der Waals surface area contributed by atoms with Gasteiger partial charge in [0.2, 0.25) is 0 Å². The number of benzene rings is 1. The van der Waals surface area contributed by atoms with E-state index in [1.807, 2.05) is 0 Å². The Labute approximate surface area is 116 Å². The second-order valence-electron chi connectivity index (χ2n) is 5.65. The van der Waals surface area contributed by atoms with Gasteiger partial charge in [0.1, 0.15) is 5.75 Å². The highest BCUT2D eigenvalue weighted by molar-refractivity contribution is 5.53. The number of methoxy groups -OCH3 is 1. The third kappa shape index (κ3) is 3.10. The quantitative estimate of drug-likeness (QED) is 0.857. The Balaban J connectivity index is 2.47. The summed E-state index contributed by atoms with van der Waals surface area (Å²) < 4.78 is 11.2. The van der Waals surface area contributed by atoms with Crippen molar-refractivity contribution < 1.29 is 9.47 Å². The maximum atomic E-state index is 5.84. The van der Waals surface area contributed by atoms with Crippen molar-refractivity contribution in [2.75, 3.05) is 20.3 Å². The Morgan fingerprint density at radius 3 is 2.79 bits per heavy atom. The van der Waals surface area contributed by atoms with Crippen LogP contribution >= 0.6 is 0 Å². The van der Waals surface area contributed by atoms with E-state index in [9.17, 15) is 0 Å². The largest absolute Gasteiger partial charge is 0.493 e. The van der Waals surface area contributed by atoms with E-state index in [1.54, 1.807) is 7.11 Å². The highest BCUT2D eigenvalue weighted by Crippen LogP contribution is 2.36. The Bertz CT molecular complexity index is 441. The fourth-order valence-corrected chi connectivity index (χ4v) is 2.88. The van der Waals surface area contributed by atoms with E-state index in [0.717, 1.165) is 31.6 Å². The van der Waals surface area contributed by atoms with Crippen LogP contribution < -0.4 is 10.5 Å². The van der Waals surface area contributed by atoms with Gasteiger partial charge in [-0.1, -0.05) is 13.8 Å². The topological polar surface area (TPSA) is 44.5 Å². The normalized spacial score (nSPS) is 13.7. The number of nitrogens with two attached hydrogens (primary N) is 1. The number of ether oxygens (including phenoxy) is 2. The summed E-state index contributed by atoms with van der Waals surface area (Å²) >= 11 is 0. The third-order valence-electron chi connectivity index (χ3n) is 3.59. The molecule has 1 aromatic carbocycles. The van der Waals surface area contributed by atoms with Crippen LogP contribution in [0, 0.1) is 5.92 Å². The first kappa shape index (κ1) is 14.4. The molecular weight excluding hydrogens is 238 g/mol. The molecule has 0 radical (unpaired) electrons. The molecule has 1 heterocycles. The van der Waals surface area contributed by atoms with Gasteiger partial charge in [-0.2, -0.15) is 0 Å². The molecule has 1 aliphatic heterocycles. The van der Waals surface area contributed by atoms with Gasteiger partial charge in [-0.15, -0.1) is 0 Å². The molecule has 0 aliphatic carbocycles. The SMILES string of the molecule is COCc1cc(CCN)c2c(c1CC(C)C)CCO2. The van der Waals surface area contributed by atoms with E-state index in [0.29, 0.717) is 19.1 Å². The minimum absolute atomic E-state index is 0.640. The lowest BCUT2D eigenvalue weighted by Crippen LogP contribution is -2.09. The predicted octanol–water partition coefficient (Wildman–Crippen LogP) is 2.47. The Morgan fingerprint density at radius 2 is 2.16 bits per heavy atom. The van der Waals surface area contributed by atoms with E-state index in [2.05, 4.69) is 19.9 Å². The molecular formula is C16H25NO2. The van der Waals surface area contributed by atoms with Crippen molar-refractivity contribution in [3.63, 3.8) is 0 Å². The molecule has 3 heteroatoms. The molecule has 0 unspecified atom stereocenters. The van der Waals surface area contributed by atoms with Crippen molar-refractivity contribution in [3.05, 3.63) is 28.3 Å². The van der Waals surface area contributed by atoms with Crippen molar-refractivity contribution >= 4 is 0 Å². The van der Waals surface area contributed by atoms with E-state index in [1.165, 1.54) is 22.3 Å². The summed E-state index contributed by atoms with van der Waals surface area (Å²) in [6.07, 6.45) is 2.99. The highest BCUT2D eigenvalue weighted by Gasteiger charge is 2.23. The summed E-state index contributed by atoms with van der Waals surface area (Å²) in [5, 5.41) is 0. The number of fused-ring (bicyclic) bond motifs is 1. The summed E-state index contributed by atoms with van der Waals surface area (Å²) in [4.78, 5) is 0. The fourth-order valence-electron chi connectivity index (χ4n) is 2.88. The molecule has 106 valence electrons. The lowest BCUT2D eigenvalue weighted by Gasteiger charge is -2.18. The summed E-state index contributed by atoms with van der Waals surface area (Å²) in [5.74, 6) is 1.74. The van der Waals surface area contributed by atoms with Crippen LogP contribution in [0.15, 0.2) is 6.07 Å². The van der Waals surface area contributed by atoms with Crippen LogP contribution in [-0.4, -0.2) is 20.3 Å². The lowest BCUT2D eigenvalue weighted by molar-refractivity contribution is 0.184. The molecule has 1 aliphatic rings. The zero-order chi connectivity index (χ0) is 13.8. The minimum atomic E-state index is 0.640. The van der Waals surface area contributed by atoms with Crippen LogP contribution in [0.1, 0.15) is 36.1 Å². The first-order chi connectivity index (χ1) is 9.17. The Kier molecular flexibility index (Phi) is 4.83. The Morgan fingerprint density at radius 1 is 1.37 bits per heavy atom. The van der Waals surface area contributed by atoms with Gasteiger partial charge in [0.05, 0.1) is 13.2 Å². The molecule has 0 fully saturated rings. The second-order valence-corrected chi connectivity index (χ2v) is 5.65. The third-order valence-corrected chi connectivity index (χ3v) is 3.59. The fraction of sp³-hybridized carbons (Fsp3) is 0.625. The smallest absolute Gasteiger partial charge is 0.126 e. The van der Waals surface area contributed by atoms with Crippen molar-refractivity contribution in [2.24, 2.45) is 11.7 Å². The van der Waals surface area contributed by atoms with E-state index < -0.39 is 0 Å². The molecule has 0 atom stereocenters. The van der Waals surface area contributed by atoms with Crippen LogP contribution in [0.2, 0.25) is 0 Å². The predicted molar refractivity (Wildman–Crippen MR) is 77.7 cm³/mol. The number of hydrogen-bond acceptors (Lipinski definition) is 3. The Hall–Kier alpha value is -1.06. The average molecular weight is 263 g/mol. The van der Waals surface area contributed by atoms with Crippen LogP contribution in [0.5, 0.6) is 5.75 Å². The molecule has 0 bridgehead atoms. The standard InChI is InChI=1S/C16H25NO2/c1-11(2)8-15-13(10-18-3)9-12(4-6-17)16-14(15)5-7-19-16/h9,11H,4-8,10,17H2,1-3H3. The monoisotopic (exact) mass is 263 g/mol. The molecule has 1 aromatic rings. The summed E-state index contributed by atoms with van der Waals surface area (Å²) in [7, 11) is 1.76. The minimum Gasteiger partial charge on any atom is -0.493 e. The number of hydrogen-bond donors (Lipinski definition) is 1. The van der Waals surface area contributed by atoms with Gasteiger partial charge >= 0.3 is 0 Å². The molecule has 0 saturated carbocycles. The van der Waals surface area contributed by atoms with Gasteiger partial charge in [-0.3, -0.25) is 0 Å². The van der Waals surface area contributed by atoms with Crippen molar-refractivity contribution in [2.45, 2.75) is 39.7 Å². The maximum Gasteiger partial charge on any atom is 0.126 e. The molecule has 0 aromatic heterocycles. The van der Waals surface area contributed by atoms with Gasteiger partial charge in [-0.05, 0) is 48.1 Å². The molecule has 2 rings (SSSR count). The van der Waals surface area contributed by atoms with Gasteiger partial charge in [0.15, 0.2) is 0 Å². The average Bonchev–Trinajstić information content (AvgIpc) is 2.83. The van der Waals surface area contributed by atoms with Crippen molar-refractivity contribution in [3.8, 4) is 5.75 Å². The molecule has 3 nitrogen and oxygen atoms in total. The van der Waals surface area contributed by atoms with E-state index in [-0.39, 0.29) is 0 Å². The van der Waals surface area contributed by atoms with Crippen molar-refractivity contribution in [1.82, 2.24) is 0 Å². The molecule has 0 amide bonds. The highest BCUT2D eigenvalue weighted by atomic mass is 16.5. The van der Waals surface area contributed by atoms with Crippen molar-refractivity contribution in [1.29, 1.82) is 0 Å². The van der Waals surface area contributed by atoms with Gasteiger partial charge in [-0.25, -0.2) is 0 Å².